The summed E-state index contributed by atoms with van der Waals surface area (Å²) in [7, 11) is 0. The SMILES string of the molecule is CCOc1cc(CNCCCc2nc3ccccc3[nH]2)ccc1OCc1ccccc1Cl. The van der Waals surface area contributed by atoms with Gasteiger partial charge in [-0.05, 0) is 55.8 Å². The third-order valence-corrected chi connectivity index (χ3v) is 5.55. The molecular formula is C26H28ClN3O2. The highest BCUT2D eigenvalue weighted by molar-refractivity contribution is 6.31. The van der Waals surface area contributed by atoms with Gasteiger partial charge >= 0.3 is 0 Å². The number of halogens is 1. The van der Waals surface area contributed by atoms with Crippen LogP contribution in [0.3, 0.4) is 0 Å². The Labute approximate surface area is 193 Å². The molecule has 0 saturated heterocycles. The molecule has 0 aliphatic rings. The van der Waals surface area contributed by atoms with Crippen LogP contribution in [0, 0.1) is 0 Å². The van der Waals surface area contributed by atoms with E-state index in [9.17, 15) is 0 Å². The maximum absolute atomic E-state index is 6.23. The molecule has 0 fully saturated rings. The highest BCUT2D eigenvalue weighted by Crippen LogP contribution is 2.30. The minimum Gasteiger partial charge on any atom is -0.490 e. The average molecular weight is 450 g/mol. The number of nitrogens with one attached hydrogen (secondary N) is 2. The molecule has 0 spiro atoms. The van der Waals surface area contributed by atoms with Crippen LogP contribution in [-0.2, 0) is 19.6 Å². The fraction of sp³-hybridized carbons (Fsp3) is 0.269. The summed E-state index contributed by atoms with van der Waals surface area (Å²) < 4.78 is 11.8. The van der Waals surface area contributed by atoms with Gasteiger partial charge in [0.05, 0.1) is 17.6 Å². The lowest BCUT2D eigenvalue weighted by atomic mass is 10.2. The maximum atomic E-state index is 6.23. The number of aromatic nitrogens is 2. The highest BCUT2D eigenvalue weighted by atomic mass is 35.5. The molecule has 4 rings (SSSR count). The van der Waals surface area contributed by atoms with E-state index in [0.717, 1.165) is 65.4 Å². The van der Waals surface area contributed by atoms with Crippen LogP contribution in [-0.4, -0.2) is 23.1 Å². The van der Waals surface area contributed by atoms with Crippen molar-refractivity contribution in [1.29, 1.82) is 0 Å². The molecule has 0 atom stereocenters. The van der Waals surface area contributed by atoms with Crippen molar-refractivity contribution in [2.45, 2.75) is 32.9 Å². The molecular weight excluding hydrogens is 422 g/mol. The number of rotatable bonds is 11. The molecule has 1 heterocycles. The summed E-state index contributed by atoms with van der Waals surface area (Å²) in [4.78, 5) is 8.01. The molecule has 0 amide bonds. The second kappa shape index (κ2) is 11.0. The highest BCUT2D eigenvalue weighted by Gasteiger charge is 2.09. The molecule has 32 heavy (non-hydrogen) atoms. The third kappa shape index (κ3) is 5.81. The number of nitrogens with zero attached hydrogens (tertiary/aromatic N) is 1. The van der Waals surface area contributed by atoms with Gasteiger partial charge < -0.3 is 19.8 Å². The molecule has 0 aliphatic carbocycles. The van der Waals surface area contributed by atoms with Gasteiger partial charge in [-0.15, -0.1) is 0 Å². The predicted molar refractivity (Wildman–Crippen MR) is 130 cm³/mol. The molecule has 0 unspecified atom stereocenters. The molecule has 5 nitrogen and oxygen atoms in total. The van der Waals surface area contributed by atoms with Gasteiger partial charge in [0.2, 0.25) is 0 Å². The van der Waals surface area contributed by atoms with Gasteiger partial charge in [-0.3, -0.25) is 0 Å². The van der Waals surface area contributed by atoms with Gasteiger partial charge in [-0.1, -0.05) is 48.0 Å². The lowest BCUT2D eigenvalue weighted by Crippen LogP contribution is -2.15. The lowest BCUT2D eigenvalue weighted by molar-refractivity contribution is 0.269. The average Bonchev–Trinajstić information content (AvgIpc) is 3.22. The Morgan fingerprint density at radius 2 is 1.81 bits per heavy atom. The Morgan fingerprint density at radius 3 is 2.66 bits per heavy atom. The van der Waals surface area contributed by atoms with Crippen LogP contribution in [0.4, 0.5) is 0 Å². The van der Waals surface area contributed by atoms with E-state index in [0.29, 0.717) is 18.2 Å². The van der Waals surface area contributed by atoms with Crippen molar-refractivity contribution in [3.8, 4) is 11.5 Å². The van der Waals surface area contributed by atoms with Crippen molar-refractivity contribution < 1.29 is 9.47 Å². The van der Waals surface area contributed by atoms with Gasteiger partial charge in [0.25, 0.3) is 0 Å². The molecule has 4 aromatic rings. The van der Waals surface area contributed by atoms with Crippen LogP contribution < -0.4 is 14.8 Å². The quantitative estimate of drug-likeness (QED) is 0.279. The second-order valence-corrected chi connectivity index (χ2v) is 7.98. The number of aryl methyl sites for hydroxylation is 1. The predicted octanol–water partition coefficient (Wildman–Crippen LogP) is 5.92. The van der Waals surface area contributed by atoms with E-state index in [-0.39, 0.29) is 0 Å². The molecule has 0 saturated carbocycles. The zero-order valence-electron chi connectivity index (χ0n) is 18.2. The summed E-state index contributed by atoms with van der Waals surface area (Å²) in [5.41, 5.74) is 4.22. The number of fused-ring (bicyclic) bond motifs is 1. The van der Waals surface area contributed by atoms with E-state index in [4.69, 9.17) is 21.1 Å². The summed E-state index contributed by atoms with van der Waals surface area (Å²) in [6, 6.07) is 21.9. The molecule has 0 bridgehead atoms. The summed E-state index contributed by atoms with van der Waals surface area (Å²) >= 11 is 6.23. The van der Waals surface area contributed by atoms with E-state index in [1.165, 1.54) is 0 Å². The molecule has 0 aliphatic heterocycles. The van der Waals surface area contributed by atoms with E-state index >= 15 is 0 Å². The maximum Gasteiger partial charge on any atom is 0.161 e. The van der Waals surface area contributed by atoms with Crippen molar-refractivity contribution in [2.24, 2.45) is 0 Å². The van der Waals surface area contributed by atoms with E-state index < -0.39 is 0 Å². The number of benzene rings is 3. The smallest absolute Gasteiger partial charge is 0.161 e. The van der Waals surface area contributed by atoms with Crippen molar-refractivity contribution in [2.75, 3.05) is 13.2 Å². The van der Waals surface area contributed by atoms with Gasteiger partial charge in [0.15, 0.2) is 11.5 Å². The van der Waals surface area contributed by atoms with E-state index in [1.54, 1.807) is 0 Å². The topological polar surface area (TPSA) is 59.2 Å². The minimum atomic E-state index is 0.402. The van der Waals surface area contributed by atoms with Gasteiger partial charge in [-0.25, -0.2) is 4.98 Å². The van der Waals surface area contributed by atoms with Crippen molar-refractivity contribution in [3.05, 3.63) is 88.7 Å². The normalized spacial score (nSPS) is 11.1. The Bertz CT molecular complexity index is 1130. The minimum absolute atomic E-state index is 0.402. The summed E-state index contributed by atoms with van der Waals surface area (Å²) in [5.74, 6) is 2.51. The fourth-order valence-corrected chi connectivity index (χ4v) is 3.75. The fourth-order valence-electron chi connectivity index (χ4n) is 3.56. The molecule has 2 N–H and O–H groups in total. The largest absolute Gasteiger partial charge is 0.490 e. The van der Waals surface area contributed by atoms with Crippen LogP contribution in [0.25, 0.3) is 11.0 Å². The first kappa shape index (κ1) is 22.2. The van der Waals surface area contributed by atoms with E-state index in [2.05, 4.69) is 27.4 Å². The van der Waals surface area contributed by atoms with Crippen LogP contribution in [0.15, 0.2) is 66.7 Å². The van der Waals surface area contributed by atoms with Gasteiger partial charge in [0, 0.05) is 23.6 Å². The molecule has 166 valence electrons. The first-order valence-electron chi connectivity index (χ1n) is 11.0. The van der Waals surface area contributed by atoms with Crippen LogP contribution in [0.2, 0.25) is 5.02 Å². The number of hydrogen-bond acceptors (Lipinski definition) is 4. The van der Waals surface area contributed by atoms with Crippen LogP contribution in [0.1, 0.15) is 30.3 Å². The summed E-state index contributed by atoms with van der Waals surface area (Å²) in [6.07, 6.45) is 1.93. The van der Waals surface area contributed by atoms with Gasteiger partial charge in [-0.2, -0.15) is 0 Å². The van der Waals surface area contributed by atoms with Crippen molar-refractivity contribution in [3.63, 3.8) is 0 Å². The summed E-state index contributed by atoms with van der Waals surface area (Å²) in [5, 5.41) is 4.21. The van der Waals surface area contributed by atoms with Gasteiger partial charge in [0.1, 0.15) is 12.4 Å². The lowest BCUT2D eigenvalue weighted by Gasteiger charge is -2.14. The summed E-state index contributed by atoms with van der Waals surface area (Å²) in [6.45, 7) is 4.63. The first-order chi connectivity index (χ1) is 15.7. The Kier molecular flexibility index (Phi) is 7.64. The number of aromatic amines is 1. The second-order valence-electron chi connectivity index (χ2n) is 7.58. The zero-order valence-corrected chi connectivity index (χ0v) is 19.0. The third-order valence-electron chi connectivity index (χ3n) is 5.18. The molecule has 0 radical (unpaired) electrons. The monoisotopic (exact) mass is 449 g/mol. The van der Waals surface area contributed by atoms with E-state index in [1.807, 2.05) is 61.5 Å². The standard InChI is InChI=1S/C26H28ClN3O2/c1-2-31-25-16-19(13-14-24(25)32-18-20-8-3-4-9-21(20)27)17-28-15-7-12-26-29-22-10-5-6-11-23(22)30-26/h3-6,8-11,13-14,16,28H,2,7,12,15,17-18H2,1H3,(H,29,30). The first-order valence-corrected chi connectivity index (χ1v) is 11.4. The van der Waals surface area contributed by atoms with Crippen LogP contribution in [0.5, 0.6) is 11.5 Å². The Morgan fingerprint density at radius 1 is 0.969 bits per heavy atom. The number of ether oxygens (including phenoxy) is 2. The Hall–Kier alpha value is -3.02. The number of hydrogen-bond donors (Lipinski definition) is 2. The van der Waals surface area contributed by atoms with Crippen LogP contribution >= 0.6 is 11.6 Å². The van der Waals surface area contributed by atoms with Crippen molar-refractivity contribution >= 4 is 22.6 Å². The van der Waals surface area contributed by atoms with Crippen molar-refractivity contribution in [1.82, 2.24) is 15.3 Å². The molecule has 3 aromatic carbocycles. The molecule has 6 heteroatoms. The number of imidazole rings is 1. The Balaban J connectivity index is 1.27. The number of H-pyrrole nitrogens is 1. The molecule has 1 aromatic heterocycles. The zero-order chi connectivity index (χ0) is 22.2. The number of para-hydroxylation sites is 2.